The molecule has 1 aromatic heterocycles. The molecule has 0 saturated heterocycles. The van der Waals surface area contributed by atoms with Gasteiger partial charge in [0.1, 0.15) is 10.9 Å². The van der Waals surface area contributed by atoms with Crippen molar-refractivity contribution in [3.63, 3.8) is 0 Å². The average molecular weight is 449 g/mol. The predicted molar refractivity (Wildman–Crippen MR) is 108 cm³/mol. The SMILES string of the molecule is Cn1cnc(C(=O)NCc2ccc(Cl)c(Oc3cc(C#N)cc(CO)c3)c2F)c1Cl. The fourth-order valence-electron chi connectivity index (χ4n) is 2.62. The highest BCUT2D eigenvalue weighted by atomic mass is 35.5. The number of aryl methyl sites for hydroxylation is 1. The van der Waals surface area contributed by atoms with Crippen LogP contribution in [0.1, 0.15) is 27.2 Å². The molecule has 1 amide bonds. The second-order valence-corrected chi connectivity index (χ2v) is 7.03. The number of hydrogen-bond donors (Lipinski definition) is 2. The Bertz CT molecular complexity index is 1160. The van der Waals surface area contributed by atoms with E-state index in [9.17, 15) is 14.3 Å². The summed E-state index contributed by atoms with van der Waals surface area (Å²) < 4.78 is 22.0. The first-order chi connectivity index (χ1) is 14.3. The Morgan fingerprint density at radius 2 is 2.13 bits per heavy atom. The molecule has 0 aliphatic rings. The summed E-state index contributed by atoms with van der Waals surface area (Å²) in [4.78, 5) is 16.1. The highest BCUT2D eigenvalue weighted by Crippen LogP contribution is 2.34. The largest absolute Gasteiger partial charge is 0.453 e. The maximum Gasteiger partial charge on any atom is 0.273 e. The number of nitriles is 1. The van der Waals surface area contributed by atoms with Gasteiger partial charge in [0.15, 0.2) is 17.3 Å². The van der Waals surface area contributed by atoms with Gasteiger partial charge in [-0.25, -0.2) is 9.37 Å². The Balaban J connectivity index is 1.83. The molecule has 2 aromatic carbocycles. The van der Waals surface area contributed by atoms with Gasteiger partial charge in [-0.15, -0.1) is 0 Å². The fourth-order valence-corrected chi connectivity index (χ4v) is 2.99. The topological polar surface area (TPSA) is 100 Å². The molecule has 0 atom stereocenters. The maximum absolute atomic E-state index is 15.0. The van der Waals surface area contributed by atoms with Crippen LogP contribution in [0, 0.1) is 17.1 Å². The first kappa shape index (κ1) is 21.6. The summed E-state index contributed by atoms with van der Waals surface area (Å²) in [5.41, 5.74) is 0.809. The van der Waals surface area contributed by atoms with Crippen molar-refractivity contribution in [3.8, 4) is 17.6 Å². The quantitative estimate of drug-likeness (QED) is 0.594. The summed E-state index contributed by atoms with van der Waals surface area (Å²) in [5.74, 6) is -1.46. The Kier molecular flexibility index (Phi) is 6.57. The minimum atomic E-state index is -0.775. The monoisotopic (exact) mass is 448 g/mol. The molecule has 0 unspecified atom stereocenters. The Labute approximate surface area is 181 Å². The van der Waals surface area contributed by atoms with Crippen LogP contribution in [0.2, 0.25) is 10.2 Å². The Hall–Kier alpha value is -3.12. The molecule has 0 fully saturated rings. The van der Waals surface area contributed by atoms with E-state index in [1.54, 1.807) is 7.05 Å². The molecular weight excluding hydrogens is 434 g/mol. The van der Waals surface area contributed by atoms with E-state index in [0.717, 1.165) is 0 Å². The van der Waals surface area contributed by atoms with Crippen molar-refractivity contribution < 1.29 is 19.0 Å². The van der Waals surface area contributed by atoms with Gasteiger partial charge >= 0.3 is 0 Å². The van der Waals surface area contributed by atoms with Gasteiger partial charge in [0.2, 0.25) is 0 Å². The summed E-state index contributed by atoms with van der Waals surface area (Å²) in [6.45, 7) is -0.477. The molecule has 3 aromatic rings. The molecule has 0 aliphatic carbocycles. The van der Waals surface area contributed by atoms with Crippen molar-refractivity contribution in [3.05, 3.63) is 75.0 Å². The van der Waals surface area contributed by atoms with Gasteiger partial charge in [0.25, 0.3) is 5.91 Å². The van der Waals surface area contributed by atoms with E-state index in [2.05, 4.69) is 10.3 Å². The smallest absolute Gasteiger partial charge is 0.273 e. The highest BCUT2D eigenvalue weighted by molar-refractivity contribution is 6.32. The van der Waals surface area contributed by atoms with E-state index in [0.29, 0.717) is 5.56 Å². The van der Waals surface area contributed by atoms with Gasteiger partial charge in [-0.2, -0.15) is 5.26 Å². The molecule has 0 saturated carbocycles. The van der Waals surface area contributed by atoms with Crippen molar-refractivity contribution in [2.24, 2.45) is 7.05 Å². The molecular formula is C20H15Cl2FN4O3. The second kappa shape index (κ2) is 9.13. The number of imidazole rings is 1. The molecule has 1 heterocycles. The molecule has 0 bridgehead atoms. The number of aliphatic hydroxyl groups excluding tert-OH is 1. The number of carbonyl (C=O) groups excluding carboxylic acids is 1. The first-order valence-electron chi connectivity index (χ1n) is 8.58. The number of amides is 1. The maximum atomic E-state index is 15.0. The number of halogens is 3. The molecule has 30 heavy (non-hydrogen) atoms. The number of carbonyl (C=O) groups is 1. The van der Waals surface area contributed by atoms with Crippen molar-refractivity contribution in [2.45, 2.75) is 13.2 Å². The molecule has 10 heteroatoms. The molecule has 154 valence electrons. The number of hydrogen-bond acceptors (Lipinski definition) is 5. The number of aliphatic hydroxyl groups is 1. The van der Waals surface area contributed by atoms with E-state index in [1.807, 2.05) is 6.07 Å². The van der Waals surface area contributed by atoms with E-state index < -0.39 is 11.7 Å². The van der Waals surface area contributed by atoms with Crippen LogP contribution in [0.3, 0.4) is 0 Å². The standard InChI is InChI=1S/C20H15Cl2FN4O3/c1-27-10-26-17(19(27)22)20(29)25-8-13-2-3-15(21)18(16(13)23)30-14-5-11(7-24)4-12(6-14)9-28/h2-6,10,28H,8-9H2,1H3,(H,25,29). The van der Waals surface area contributed by atoms with Gasteiger partial charge in [-0.1, -0.05) is 29.3 Å². The number of nitrogens with one attached hydrogen (secondary N) is 1. The zero-order valence-corrected chi connectivity index (χ0v) is 17.1. The molecule has 7 nitrogen and oxygen atoms in total. The summed E-state index contributed by atoms with van der Waals surface area (Å²) in [5, 5.41) is 21.1. The van der Waals surface area contributed by atoms with E-state index >= 15 is 0 Å². The normalized spacial score (nSPS) is 10.5. The third-order valence-electron chi connectivity index (χ3n) is 4.15. The Morgan fingerprint density at radius 3 is 2.77 bits per heavy atom. The Morgan fingerprint density at radius 1 is 1.37 bits per heavy atom. The van der Waals surface area contributed by atoms with Gasteiger partial charge in [-0.05, 0) is 29.8 Å². The number of nitrogens with zero attached hydrogens (tertiary/aromatic N) is 3. The van der Waals surface area contributed by atoms with Crippen LogP contribution in [-0.2, 0) is 20.2 Å². The number of aromatic nitrogens is 2. The molecule has 3 rings (SSSR count). The molecule has 0 aliphatic heterocycles. The van der Waals surface area contributed by atoms with Crippen LogP contribution in [0.4, 0.5) is 4.39 Å². The third kappa shape index (κ3) is 4.54. The van der Waals surface area contributed by atoms with Crippen molar-refractivity contribution in [1.82, 2.24) is 14.9 Å². The fraction of sp³-hybridized carbons (Fsp3) is 0.150. The van der Waals surface area contributed by atoms with E-state index in [4.69, 9.17) is 33.2 Å². The van der Waals surface area contributed by atoms with E-state index in [1.165, 1.54) is 41.2 Å². The van der Waals surface area contributed by atoms with Crippen LogP contribution in [0.5, 0.6) is 11.5 Å². The second-order valence-electron chi connectivity index (χ2n) is 6.26. The number of ether oxygens (including phenoxy) is 1. The minimum absolute atomic E-state index is 0.00301. The lowest BCUT2D eigenvalue weighted by atomic mass is 10.1. The van der Waals surface area contributed by atoms with Gasteiger partial charge in [0.05, 0.1) is 29.6 Å². The van der Waals surface area contributed by atoms with Gasteiger partial charge < -0.3 is 19.7 Å². The van der Waals surface area contributed by atoms with E-state index in [-0.39, 0.29) is 51.6 Å². The van der Waals surface area contributed by atoms with Crippen LogP contribution < -0.4 is 10.1 Å². The van der Waals surface area contributed by atoms with Crippen molar-refractivity contribution in [1.29, 1.82) is 5.26 Å². The van der Waals surface area contributed by atoms with Crippen LogP contribution >= 0.6 is 23.2 Å². The first-order valence-corrected chi connectivity index (χ1v) is 9.34. The lowest BCUT2D eigenvalue weighted by Crippen LogP contribution is -2.24. The zero-order chi connectivity index (χ0) is 21.8. The zero-order valence-electron chi connectivity index (χ0n) is 15.6. The van der Waals surface area contributed by atoms with Crippen LogP contribution in [0.15, 0.2) is 36.7 Å². The van der Waals surface area contributed by atoms with Gasteiger partial charge in [0, 0.05) is 19.2 Å². The molecule has 2 N–H and O–H groups in total. The minimum Gasteiger partial charge on any atom is -0.453 e. The number of rotatable bonds is 6. The van der Waals surface area contributed by atoms with Gasteiger partial charge in [-0.3, -0.25) is 4.79 Å². The van der Waals surface area contributed by atoms with Crippen molar-refractivity contribution >= 4 is 29.1 Å². The van der Waals surface area contributed by atoms with Crippen LogP contribution in [-0.4, -0.2) is 20.6 Å². The summed E-state index contributed by atoms with van der Waals surface area (Å²) in [6, 6.07) is 9.13. The van der Waals surface area contributed by atoms with Crippen molar-refractivity contribution in [2.75, 3.05) is 0 Å². The lowest BCUT2D eigenvalue weighted by molar-refractivity contribution is 0.0946. The summed E-state index contributed by atoms with van der Waals surface area (Å²) in [7, 11) is 1.64. The summed E-state index contributed by atoms with van der Waals surface area (Å²) in [6.07, 6.45) is 1.39. The van der Waals surface area contributed by atoms with Crippen LogP contribution in [0.25, 0.3) is 0 Å². The predicted octanol–water partition coefficient (Wildman–Crippen LogP) is 3.95. The lowest BCUT2D eigenvalue weighted by Gasteiger charge is -2.13. The summed E-state index contributed by atoms with van der Waals surface area (Å²) >= 11 is 12.1. The molecule has 0 radical (unpaired) electrons. The third-order valence-corrected chi connectivity index (χ3v) is 4.89. The number of benzene rings is 2. The average Bonchev–Trinajstić information content (AvgIpc) is 3.08. The molecule has 0 spiro atoms. The highest BCUT2D eigenvalue weighted by Gasteiger charge is 2.19.